The molecule has 0 bridgehead atoms. The molecule has 0 radical (unpaired) electrons. The van der Waals surface area contributed by atoms with Crippen LogP contribution in [0.15, 0.2) is 0 Å². The molecule has 0 aromatic carbocycles. The molecule has 16 heavy (non-hydrogen) atoms. The molecule has 0 N–H and O–H groups in total. The molecule has 0 amide bonds. The van der Waals surface area contributed by atoms with Gasteiger partial charge in [-0.15, -0.1) is 0 Å². The molecule has 2 rings (SSSR count). The Bertz CT molecular complexity index is 250. The minimum absolute atomic E-state index is 0.606. The van der Waals surface area contributed by atoms with Crippen LogP contribution >= 0.6 is 6.49 Å². The zero-order valence-electron chi connectivity index (χ0n) is 10.2. The first-order valence-corrected chi connectivity index (χ1v) is 9.62. The number of hydrogen-bond donors (Lipinski definition) is 0. The van der Waals surface area contributed by atoms with Crippen molar-refractivity contribution in [2.45, 2.75) is 44.9 Å². The molecule has 1 saturated carbocycles. The van der Waals surface area contributed by atoms with Crippen molar-refractivity contribution in [3.8, 4) is 0 Å². The van der Waals surface area contributed by atoms with Gasteiger partial charge in [-0.3, -0.25) is 0 Å². The highest BCUT2D eigenvalue weighted by Crippen LogP contribution is 2.49. The Hall–Kier alpha value is 0.570. The first-order valence-electron chi connectivity index (χ1n) is 6.54. The fourth-order valence-corrected chi connectivity index (χ4v) is 4.14. The summed E-state index contributed by atoms with van der Waals surface area (Å²) < 4.78 is 11.4. The van der Waals surface area contributed by atoms with Crippen molar-refractivity contribution in [3.05, 3.63) is 0 Å². The van der Waals surface area contributed by atoms with Crippen molar-refractivity contribution in [1.82, 2.24) is 0 Å². The van der Waals surface area contributed by atoms with Crippen LogP contribution in [0.3, 0.4) is 0 Å². The lowest BCUT2D eigenvalue weighted by Crippen LogP contribution is -2.28. The van der Waals surface area contributed by atoms with Crippen molar-refractivity contribution in [2.24, 2.45) is 11.8 Å². The second-order valence-corrected chi connectivity index (χ2v) is 9.28. The van der Waals surface area contributed by atoms with Gasteiger partial charge in [0.1, 0.15) is 0 Å². The van der Waals surface area contributed by atoms with E-state index in [2.05, 4.69) is 0 Å². The maximum Gasteiger partial charge on any atom is 0.185 e. The molecule has 0 unspecified atom stereocenters. The Morgan fingerprint density at radius 3 is 1.94 bits per heavy atom. The van der Waals surface area contributed by atoms with Crippen LogP contribution in [-0.4, -0.2) is 19.9 Å². The van der Waals surface area contributed by atoms with Crippen LogP contribution in [0.25, 0.3) is 0 Å². The van der Waals surface area contributed by atoms with E-state index in [9.17, 15) is 0 Å². The van der Waals surface area contributed by atoms with Gasteiger partial charge in [-0.05, 0) is 17.7 Å². The molecule has 0 aromatic heterocycles. The van der Waals surface area contributed by atoms with Gasteiger partial charge in [0, 0.05) is 12.6 Å². The minimum atomic E-state index is -1.86. The topological polar surface area (TPSA) is 18.5 Å². The van der Waals surface area contributed by atoms with Gasteiger partial charge in [0.15, 0.2) is 6.49 Å². The third-order valence-corrected chi connectivity index (χ3v) is 5.73. The molecule has 0 aromatic rings. The van der Waals surface area contributed by atoms with E-state index in [1.807, 2.05) is 6.66 Å². The molecule has 1 aliphatic carbocycles. The van der Waals surface area contributed by atoms with Crippen LogP contribution in [0, 0.1) is 11.8 Å². The number of hydrogen-bond acceptors (Lipinski definition) is 3. The number of rotatable bonds is 1. The summed E-state index contributed by atoms with van der Waals surface area (Å²) in [5, 5.41) is 0. The van der Waals surface area contributed by atoms with E-state index in [4.69, 9.17) is 20.9 Å². The summed E-state index contributed by atoms with van der Waals surface area (Å²) in [6.07, 6.45) is 9.77. The first kappa shape index (κ1) is 13.0. The summed E-state index contributed by atoms with van der Waals surface area (Å²) in [4.78, 5) is 0. The first-order chi connectivity index (χ1) is 7.67. The monoisotopic (exact) mass is 262 g/mol. The normalized spacial score (nSPS) is 38.9. The Morgan fingerprint density at radius 1 is 0.875 bits per heavy atom. The van der Waals surface area contributed by atoms with E-state index in [0.717, 1.165) is 19.1 Å². The summed E-state index contributed by atoms with van der Waals surface area (Å²) in [5.41, 5.74) is 0. The molecule has 2 fully saturated rings. The summed E-state index contributed by atoms with van der Waals surface area (Å²) in [5.74, 6) is 1.42. The van der Waals surface area contributed by atoms with E-state index in [0.29, 0.717) is 5.92 Å². The average Bonchev–Trinajstić information content (AvgIpc) is 2.18. The van der Waals surface area contributed by atoms with Crippen molar-refractivity contribution < 1.29 is 9.05 Å². The van der Waals surface area contributed by atoms with Gasteiger partial charge in [0.05, 0.1) is 13.2 Å². The van der Waals surface area contributed by atoms with Crippen molar-refractivity contribution >= 4 is 18.3 Å². The summed E-state index contributed by atoms with van der Waals surface area (Å²) in [6, 6.07) is 0. The third kappa shape index (κ3) is 3.80. The molecular formula is C12H23O2PS. The summed E-state index contributed by atoms with van der Waals surface area (Å²) in [6.45, 7) is 1.77. The van der Waals surface area contributed by atoms with Gasteiger partial charge < -0.3 is 9.05 Å². The maximum atomic E-state index is 5.71. The van der Waals surface area contributed by atoms with Gasteiger partial charge in [0.25, 0.3) is 0 Å². The molecule has 1 heterocycles. The fraction of sp³-hybridized carbons (Fsp3) is 1.00. The molecule has 1 saturated heterocycles. The molecular weight excluding hydrogens is 239 g/mol. The van der Waals surface area contributed by atoms with E-state index in [-0.39, 0.29) is 0 Å². The molecule has 2 nitrogen and oxygen atoms in total. The fourth-order valence-electron chi connectivity index (χ4n) is 2.78. The SMILES string of the molecule is CP1(=S)OCC(C2CCCCCCC2)CO1. The Balaban J connectivity index is 1.84. The highest BCUT2D eigenvalue weighted by atomic mass is 32.5. The Kier molecular flexibility index (Phi) is 4.84. The van der Waals surface area contributed by atoms with Crippen molar-refractivity contribution in [2.75, 3.05) is 19.9 Å². The lowest BCUT2D eigenvalue weighted by molar-refractivity contribution is 0.0723. The second-order valence-electron chi connectivity index (χ2n) is 5.23. The molecule has 0 spiro atoms. The molecule has 94 valence electrons. The smallest absolute Gasteiger partial charge is 0.185 e. The van der Waals surface area contributed by atoms with Crippen molar-refractivity contribution in [3.63, 3.8) is 0 Å². The maximum absolute atomic E-state index is 5.71. The van der Waals surface area contributed by atoms with Crippen LogP contribution in [0.4, 0.5) is 0 Å². The third-order valence-electron chi connectivity index (χ3n) is 3.86. The summed E-state index contributed by atoms with van der Waals surface area (Å²) >= 11 is 5.26. The molecule has 0 atom stereocenters. The van der Waals surface area contributed by atoms with Gasteiger partial charge in [-0.25, -0.2) is 0 Å². The van der Waals surface area contributed by atoms with Gasteiger partial charge >= 0.3 is 0 Å². The minimum Gasteiger partial charge on any atom is -0.329 e. The van der Waals surface area contributed by atoms with Crippen LogP contribution < -0.4 is 0 Å². The Labute approximate surface area is 104 Å². The second kappa shape index (κ2) is 5.95. The van der Waals surface area contributed by atoms with Gasteiger partial charge in [-0.2, -0.15) is 0 Å². The zero-order valence-corrected chi connectivity index (χ0v) is 11.9. The van der Waals surface area contributed by atoms with Crippen molar-refractivity contribution in [1.29, 1.82) is 0 Å². The van der Waals surface area contributed by atoms with E-state index in [1.165, 1.54) is 44.9 Å². The summed E-state index contributed by atoms with van der Waals surface area (Å²) in [7, 11) is 0. The standard InChI is InChI=1S/C12H23O2PS/c1-15(16)13-9-12(10-14-15)11-7-5-3-2-4-6-8-11/h11-12H,2-10H2,1H3. The molecule has 4 heteroatoms. The van der Waals surface area contributed by atoms with Crippen LogP contribution in [-0.2, 0) is 20.9 Å². The quantitative estimate of drug-likeness (QED) is 0.667. The Morgan fingerprint density at radius 2 is 1.38 bits per heavy atom. The van der Waals surface area contributed by atoms with Crippen LogP contribution in [0.5, 0.6) is 0 Å². The van der Waals surface area contributed by atoms with E-state index < -0.39 is 6.49 Å². The van der Waals surface area contributed by atoms with Gasteiger partial charge in [0.2, 0.25) is 0 Å². The largest absolute Gasteiger partial charge is 0.329 e. The van der Waals surface area contributed by atoms with Crippen LogP contribution in [0.2, 0.25) is 0 Å². The molecule has 2 aliphatic rings. The zero-order chi connectivity index (χ0) is 11.4. The van der Waals surface area contributed by atoms with E-state index in [1.54, 1.807) is 0 Å². The van der Waals surface area contributed by atoms with Crippen LogP contribution in [0.1, 0.15) is 44.9 Å². The van der Waals surface area contributed by atoms with Gasteiger partial charge in [-0.1, -0.05) is 44.9 Å². The molecule has 1 aliphatic heterocycles. The highest BCUT2D eigenvalue weighted by Gasteiger charge is 2.29. The highest BCUT2D eigenvalue weighted by molar-refractivity contribution is 8.09. The van der Waals surface area contributed by atoms with E-state index >= 15 is 0 Å². The lowest BCUT2D eigenvalue weighted by Gasteiger charge is -2.35. The average molecular weight is 262 g/mol. The predicted molar refractivity (Wildman–Crippen MR) is 71.4 cm³/mol. The predicted octanol–water partition coefficient (Wildman–Crippen LogP) is 3.95. The lowest BCUT2D eigenvalue weighted by atomic mass is 9.82.